The molecule has 3 nitrogen and oxygen atoms in total. The van der Waals surface area contributed by atoms with Crippen LogP contribution in [0.2, 0.25) is 0 Å². The van der Waals surface area contributed by atoms with Crippen LogP contribution < -0.4 is 5.73 Å². The smallest absolute Gasteiger partial charge is 0.141 e. The van der Waals surface area contributed by atoms with Gasteiger partial charge in [0.25, 0.3) is 0 Å². The van der Waals surface area contributed by atoms with Gasteiger partial charge in [0.1, 0.15) is 11.6 Å². The summed E-state index contributed by atoms with van der Waals surface area (Å²) in [7, 11) is 0. The second kappa shape index (κ2) is 3.99. The Labute approximate surface area is 105 Å². The molecule has 1 aromatic heterocycles. The third-order valence-electron chi connectivity index (χ3n) is 3.09. The van der Waals surface area contributed by atoms with Gasteiger partial charge in [0, 0.05) is 5.41 Å². The molecular weight excluding hydrogens is 266 g/mol. The van der Waals surface area contributed by atoms with E-state index in [1.165, 1.54) is 12.8 Å². The molecule has 0 spiro atoms. The number of nitrogen functional groups attached to an aromatic ring is 1. The average Bonchev–Trinajstić information content (AvgIpc) is 2.92. The van der Waals surface area contributed by atoms with Crippen LogP contribution in [-0.4, -0.2) is 9.97 Å². The van der Waals surface area contributed by atoms with Gasteiger partial charge in [-0.1, -0.05) is 20.8 Å². The lowest BCUT2D eigenvalue weighted by molar-refractivity contribution is 0.617. The highest BCUT2D eigenvalue weighted by Crippen LogP contribution is 2.46. The lowest BCUT2D eigenvalue weighted by Crippen LogP contribution is -2.13. The molecule has 2 rings (SSSR count). The second-order valence-corrected chi connectivity index (χ2v) is 6.14. The number of hydrogen-bond donors (Lipinski definition) is 1. The summed E-state index contributed by atoms with van der Waals surface area (Å²) >= 11 is 3.48. The van der Waals surface area contributed by atoms with Crippen LogP contribution in [0.25, 0.3) is 0 Å². The third kappa shape index (κ3) is 2.21. The highest BCUT2D eigenvalue weighted by Gasteiger charge is 2.42. The van der Waals surface area contributed by atoms with Gasteiger partial charge >= 0.3 is 0 Å². The van der Waals surface area contributed by atoms with E-state index in [0.717, 1.165) is 22.4 Å². The fourth-order valence-electron chi connectivity index (χ4n) is 1.72. The topological polar surface area (TPSA) is 51.8 Å². The van der Waals surface area contributed by atoms with Crippen molar-refractivity contribution in [1.29, 1.82) is 0 Å². The minimum atomic E-state index is 0.181. The van der Waals surface area contributed by atoms with E-state index in [0.29, 0.717) is 11.7 Å². The molecule has 0 aliphatic heterocycles. The Hall–Kier alpha value is -0.640. The SMILES string of the molecule is CC(C)Cc1nc(C2(C)CC2)nc(N)c1Br. The minimum absolute atomic E-state index is 0.181. The molecule has 0 saturated heterocycles. The third-order valence-corrected chi connectivity index (χ3v) is 3.95. The van der Waals surface area contributed by atoms with Crippen LogP contribution in [0.15, 0.2) is 4.47 Å². The molecule has 1 fully saturated rings. The van der Waals surface area contributed by atoms with Gasteiger partial charge in [0.2, 0.25) is 0 Å². The fraction of sp³-hybridized carbons (Fsp3) is 0.667. The highest BCUT2D eigenvalue weighted by atomic mass is 79.9. The van der Waals surface area contributed by atoms with Gasteiger partial charge in [-0.05, 0) is 41.1 Å². The Morgan fingerprint density at radius 2 is 2.00 bits per heavy atom. The second-order valence-electron chi connectivity index (χ2n) is 5.35. The zero-order valence-electron chi connectivity index (χ0n) is 10.0. The zero-order chi connectivity index (χ0) is 11.9. The molecule has 4 heteroatoms. The summed E-state index contributed by atoms with van der Waals surface area (Å²) in [5, 5.41) is 0. The Morgan fingerprint density at radius 3 is 2.50 bits per heavy atom. The first-order valence-corrected chi connectivity index (χ1v) is 6.54. The molecular formula is C12H18BrN3. The molecule has 1 saturated carbocycles. The average molecular weight is 284 g/mol. The van der Waals surface area contributed by atoms with Crippen LogP contribution in [0.1, 0.15) is 45.1 Å². The van der Waals surface area contributed by atoms with Gasteiger partial charge in [0.15, 0.2) is 0 Å². The Bertz CT molecular complexity index is 411. The summed E-state index contributed by atoms with van der Waals surface area (Å²) in [4.78, 5) is 9.06. The van der Waals surface area contributed by atoms with E-state index in [9.17, 15) is 0 Å². The maximum Gasteiger partial charge on any atom is 0.141 e. The zero-order valence-corrected chi connectivity index (χ0v) is 11.6. The Kier molecular flexibility index (Phi) is 2.95. The fourth-order valence-corrected chi connectivity index (χ4v) is 2.06. The Morgan fingerprint density at radius 1 is 1.38 bits per heavy atom. The van der Waals surface area contributed by atoms with Gasteiger partial charge < -0.3 is 5.73 Å². The van der Waals surface area contributed by atoms with E-state index in [4.69, 9.17) is 5.73 Å². The van der Waals surface area contributed by atoms with Crippen LogP contribution in [0, 0.1) is 5.92 Å². The highest BCUT2D eigenvalue weighted by molar-refractivity contribution is 9.10. The normalized spacial score (nSPS) is 17.8. The lowest BCUT2D eigenvalue weighted by atomic mass is 10.1. The summed E-state index contributed by atoms with van der Waals surface area (Å²) in [5.41, 5.74) is 7.15. The van der Waals surface area contributed by atoms with E-state index in [-0.39, 0.29) is 5.41 Å². The van der Waals surface area contributed by atoms with Gasteiger partial charge in [0.05, 0.1) is 10.2 Å². The number of anilines is 1. The molecule has 1 aromatic rings. The molecule has 1 aliphatic rings. The van der Waals surface area contributed by atoms with Crippen LogP contribution >= 0.6 is 15.9 Å². The van der Waals surface area contributed by atoms with Crippen molar-refractivity contribution in [3.8, 4) is 0 Å². The van der Waals surface area contributed by atoms with Gasteiger partial charge in [-0.2, -0.15) is 0 Å². The quantitative estimate of drug-likeness (QED) is 0.928. The van der Waals surface area contributed by atoms with Crippen molar-refractivity contribution >= 4 is 21.7 Å². The number of hydrogen-bond acceptors (Lipinski definition) is 3. The number of nitrogens with two attached hydrogens (primary N) is 1. The summed E-state index contributed by atoms with van der Waals surface area (Å²) in [6.45, 7) is 6.57. The number of nitrogens with zero attached hydrogens (tertiary/aromatic N) is 2. The summed E-state index contributed by atoms with van der Waals surface area (Å²) in [5.74, 6) is 2.07. The molecule has 0 aromatic carbocycles. The monoisotopic (exact) mass is 283 g/mol. The molecule has 0 atom stereocenters. The van der Waals surface area contributed by atoms with Crippen molar-refractivity contribution in [1.82, 2.24) is 9.97 Å². The van der Waals surface area contributed by atoms with Crippen LogP contribution in [0.4, 0.5) is 5.82 Å². The molecule has 0 radical (unpaired) electrons. The first-order valence-electron chi connectivity index (χ1n) is 5.75. The molecule has 16 heavy (non-hydrogen) atoms. The van der Waals surface area contributed by atoms with Crippen LogP contribution in [0.3, 0.4) is 0 Å². The predicted molar refractivity (Wildman–Crippen MR) is 69.3 cm³/mol. The molecule has 88 valence electrons. The Balaban J connectivity index is 2.39. The van der Waals surface area contributed by atoms with Gasteiger partial charge in [-0.25, -0.2) is 9.97 Å². The van der Waals surface area contributed by atoms with E-state index in [1.807, 2.05) is 0 Å². The first kappa shape index (κ1) is 11.8. The van der Waals surface area contributed by atoms with Crippen molar-refractivity contribution in [2.45, 2.75) is 45.4 Å². The van der Waals surface area contributed by atoms with E-state index < -0.39 is 0 Å². The van der Waals surface area contributed by atoms with Crippen molar-refractivity contribution in [2.75, 3.05) is 5.73 Å². The predicted octanol–water partition coefficient (Wildman–Crippen LogP) is 3.07. The summed E-state index contributed by atoms with van der Waals surface area (Å²) < 4.78 is 0.870. The molecule has 0 bridgehead atoms. The van der Waals surface area contributed by atoms with E-state index >= 15 is 0 Å². The minimum Gasteiger partial charge on any atom is -0.383 e. The summed E-state index contributed by atoms with van der Waals surface area (Å²) in [6.07, 6.45) is 3.29. The molecule has 0 unspecified atom stereocenters. The number of halogens is 1. The standard InChI is InChI=1S/C12H18BrN3/c1-7(2)6-8-9(13)10(14)16-11(15-8)12(3)4-5-12/h7H,4-6H2,1-3H3,(H2,14,15,16). The first-order chi connectivity index (χ1) is 7.42. The maximum atomic E-state index is 5.92. The molecule has 1 heterocycles. The van der Waals surface area contributed by atoms with Crippen molar-refractivity contribution < 1.29 is 0 Å². The van der Waals surface area contributed by atoms with Crippen LogP contribution in [-0.2, 0) is 11.8 Å². The largest absolute Gasteiger partial charge is 0.383 e. The number of aromatic nitrogens is 2. The van der Waals surface area contributed by atoms with E-state index in [1.54, 1.807) is 0 Å². The molecule has 1 aliphatic carbocycles. The van der Waals surface area contributed by atoms with Crippen molar-refractivity contribution in [2.24, 2.45) is 5.92 Å². The van der Waals surface area contributed by atoms with E-state index in [2.05, 4.69) is 46.7 Å². The molecule has 2 N–H and O–H groups in total. The summed E-state index contributed by atoms with van der Waals surface area (Å²) in [6, 6.07) is 0. The van der Waals surface area contributed by atoms with Crippen molar-refractivity contribution in [3.05, 3.63) is 16.0 Å². The molecule has 0 amide bonds. The van der Waals surface area contributed by atoms with Gasteiger partial charge in [-0.3, -0.25) is 0 Å². The van der Waals surface area contributed by atoms with Crippen LogP contribution in [0.5, 0.6) is 0 Å². The van der Waals surface area contributed by atoms with Crippen molar-refractivity contribution in [3.63, 3.8) is 0 Å². The number of rotatable bonds is 3. The van der Waals surface area contributed by atoms with Gasteiger partial charge in [-0.15, -0.1) is 0 Å². The maximum absolute atomic E-state index is 5.92. The lowest BCUT2D eigenvalue weighted by Gasteiger charge is -2.13.